The molecule has 0 aliphatic carbocycles. The lowest BCUT2D eigenvalue weighted by molar-refractivity contribution is -0.114. The van der Waals surface area contributed by atoms with E-state index < -0.39 is 0 Å². The number of carbonyl (C=O) groups excluding carboxylic acids is 1. The van der Waals surface area contributed by atoms with Crippen LogP contribution in [0.3, 0.4) is 0 Å². The zero-order chi connectivity index (χ0) is 18.0. The second kappa shape index (κ2) is 7.45. The highest BCUT2D eigenvalue weighted by Crippen LogP contribution is 2.25. The predicted molar refractivity (Wildman–Crippen MR) is 99.6 cm³/mol. The standard InChI is InChI=1S/C17H18Cl2N4O2/c1-9(24)21-17-22-15-14(16(25)23-17)6-11(8-20-15)3-2-10-4-12(18)7-13(19)5-10/h4-5,7,11H,2-3,6,8H2,1H3,(H3,20,21,22,23,24,25). The van der Waals surface area contributed by atoms with Crippen LogP contribution in [0.1, 0.15) is 24.5 Å². The lowest BCUT2D eigenvalue weighted by atomic mass is 9.91. The van der Waals surface area contributed by atoms with E-state index in [4.69, 9.17) is 23.2 Å². The van der Waals surface area contributed by atoms with Gasteiger partial charge in [-0.2, -0.15) is 4.98 Å². The molecule has 2 heterocycles. The Bertz CT molecular complexity index is 846. The van der Waals surface area contributed by atoms with Crippen LogP contribution in [0.15, 0.2) is 23.0 Å². The minimum Gasteiger partial charge on any atom is -0.369 e. The number of anilines is 2. The molecular formula is C17H18Cl2N4O2. The number of aromatic amines is 1. The van der Waals surface area contributed by atoms with E-state index in [9.17, 15) is 9.59 Å². The summed E-state index contributed by atoms with van der Waals surface area (Å²) in [6.45, 7) is 2.09. The first-order valence-corrected chi connectivity index (χ1v) is 8.76. The molecule has 0 bridgehead atoms. The SMILES string of the molecule is CC(=O)Nc1nc2c(c(=O)[nH]1)CC(CCc1cc(Cl)cc(Cl)c1)CN2. The average Bonchev–Trinajstić information content (AvgIpc) is 2.51. The Morgan fingerprint density at radius 1 is 1.32 bits per heavy atom. The molecular weight excluding hydrogens is 363 g/mol. The third-order valence-electron chi connectivity index (χ3n) is 4.12. The van der Waals surface area contributed by atoms with Crippen LogP contribution in [0.4, 0.5) is 11.8 Å². The van der Waals surface area contributed by atoms with Crippen LogP contribution in [0, 0.1) is 5.92 Å². The summed E-state index contributed by atoms with van der Waals surface area (Å²) >= 11 is 12.1. The van der Waals surface area contributed by atoms with Gasteiger partial charge in [0.05, 0.1) is 5.56 Å². The van der Waals surface area contributed by atoms with Crippen LogP contribution >= 0.6 is 23.2 Å². The van der Waals surface area contributed by atoms with Crippen molar-refractivity contribution in [3.05, 3.63) is 49.7 Å². The van der Waals surface area contributed by atoms with Gasteiger partial charge in [-0.15, -0.1) is 0 Å². The van der Waals surface area contributed by atoms with Crippen molar-refractivity contribution in [2.45, 2.75) is 26.2 Å². The molecule has 0 spiro atoms. The van der Waals surface area contributed by atoms with Gasteiger partial charge in [0.15, 0.2) is 0 Å². The lowest BCUT2D eigenvalue weighted by Crippen LogP contribution is -2.31. The number of carbonyl (C=O) groups is 1. The van der Waals surface area contributed by atoms with Crippen molar-refractivity contribution < 1.29 is 4.79 Å². The second-order valence-electron chi connectivity index (χ2n) is 6.19. The molecule has 2 aromatic rings. The zero-order valence-corrected chi connectivity index (χ0v) is 15.2. The van der Waals surface area contributed by atoms with Gasteiger partial charge >= 0.3 is 0 Å². The molecule has 25 heavy (non-hydrogen) atoms. The quantitative estimate of drug-likeness (QED) is 0.759. The number of halogens is 2. The third-order valence-corrected chi connectivity index (χ3v) is 4.56. The number of hydrogen-bond acceptors (Lipinski definition) is 4. The van der Waals surface area contributed by atoms with Gasteiger partial charge in [0.25, 0.3) is 5.56 Å². The van der Waals surface area contributed by atoms with Gasteiger partial charge in [-0.3, -0.25) is 19.9 Å². The number of amides is 1. The zero-order valence-electron chi connectivity index (χ0n) is 13.7. The van der Waals surface area contributed by atoms with Crippen LogP contribution in [-0.2, 0) is 17.6 Å². The molecule has 1 atom stereocenters. The van der Waals surface area contributed by atoms with E-state index in [0.29, 0.717) is 33.8 Å². The molecule has 3 N–H and O–H groups in total. The van der Waals surface area contributed by atoms with Crippen molar-refractivity contribution in [1.82, 2.24) is 9.97 Å². The van der Waals surface area contributed by atoms with E-state index in [2.05, 4.69) is 20.6 Å². The van der Waals surface area contributed by atoms with E-state index >= 15 is 0 Å². The molecule has 1 aliphatic rings. The molecule has 0 saturated carbocycles. The van der Waals surface area contributed by atoms with Crippen molar-refractivity contribution in [3.63, 3.8) is 0 Å². The number of aromatic nitrogens is 2. The molecule has 1 aliphatic heterocycles. The number of hydrogen-bond donors (Lipinski definition) is 3. The van der Waals surface area contributed by atoms with Crippen LogP contribution in [0.25, 0.3) is 0 Å². The fourth-order valence-electron chi connectivity index (χ4n) is 2.99. The van der Waals surface area contributed by atoms with Gasteiger partial charge in [0, 0.05) is 23.5 Å². The Kier molecular flexibility index (Phi) is 5.30. The van der Waals surface area contributed by atoms with Crippen LogP contribution in [0.5, 0.6) is 0 Å². The molecule has 1 unspecified atom stereocenters. The maximum Gasteiger partial charge on any atom is 0.257 e. The van der Waals surface area contributed by atoms with Gasteiger partial charge in [-0.25, -0.2) is 0 Å². The van der Waals surface area contributed by atoms with Gasteiger partial charge < -0.3 is 5.32 Å². The summed E-state index contributed by atoms with van der Waals surface area (Å²) in [6, 6.07) is 5.53. The number of benzene rings is 1. The van der Waals surface area contributed by atoms with Crippen LogP contribution < -0.4 is 16.2 Å². The smallest absolute Gasteiger partial charge is 0.257 e. The first-order chi connectivity index (χ1) is 11.9. The maximum absolute atomic E-state index is 12.3. The molecule has 0 fully saturated rings. The van der Waals surface area contributed by atoms with Crippen molar-refractivity contribution in [2.75, 3.05) is 17.2 Å². The third kappa shape index (κ3) is 4.52. The highest BCUT2D eigenvalue weighted by atomic mass is 35.5. The molecule has 132 valence electrons. The minimum atomic E-state index is -0.281. The van der Waals surface area contributed by atoms with E-state index in [0.717, 1.165) is 24.9 Å². The summed E-state index contributed by atoms with van der Waals surface area (Å²) in [6.07, 6.45) is 2.37. The highest BCUT2D eigenvalue weighted by molar-refractivity contribution is 6.34. The fraction of sp³-hybridized carbons (Fsp3) is 0.353. The Hall–Kier alpha value is -2.05. The molecule has 3 rings (SSSR count). The Balaban J connectivity index is 1.69. The van der Waals surface area contributed by atoms with Crippen molar-refractivity contribution in [1.29, 1.82) is 0 Å². The highest BCUT2D eigenvalue weighted by Gasteiger charge is 2.22. The van der Waals surface area contributed by atoms with Crippen LogP contribution in [0.2, 0.25) is 10.0 Å². The Morgan fingerprint density at radius 3 is 2.72 bits per heavy atom. The molecule has 0 radical (unpaired) electrons. The largest absolute Gasteiger partial charge is 0.369 e. The fourth-order valence-corrected chi connectivity index (χ4v) is 3.56. The summed E-state index contributed by atoms with van der Waals surface area (Å²) in [5.41, 5.74) is 1.47. The first-order valence-electron chi connectivity index (χ1n) is 8.00. The Morgan fingerprint density at radius 2 is 2.04 bits per heavy atom. The Labute approximate surface area is 155 Å². The number of aryl methyl sites for hydroxylation is 1. The second-order valence-corrected chi connectivity index (χ2v) is 7.06. The summed E-state index contributed by atoms with van der Waals surface area (Å²) < 4.78 is 0. The van der Waals surface area contributed by atoms with Gasteiger partial charge in [0.2, 0.25) is 11.9 Å². The topological polar surface area (TPSA) is 86.9 Å². The molecule has 8 heteroatoms. The van der Waals surface area contributed by atoms with Crippen molar-refractivity contribution >= 4 is 40.9 Å². The number of rotatable bonds is 4. The summed E-state index contributed by atoms with van der Waals surface area (Å²) in [5.74, 6) is 0.724. The molecule has 1 aromatic heterocycles. The van der Waals surface area contributed by atoms with Gasteiger partial charge in [-0.05, 0) is 48.9 Å². The molecule has 1 aromatic carbocycles. The molecule has 0 saturated heterocycles. The normalized spacial score (nSPS) is 16.0. The maximum atomic E-state index is 12.3. The number of H-pyrrole nitrogens is 1. The minimum absolute atomic E-state index is 0.163. The summed E-state index contributed by atoms with van der Waals surface area (Å²) in [7, 11) is 0. The van der Waals surface area contributed by atoms with Crippen molar-refractivity contribution in [3.8, 4) is 0 Å². The average molecular weight is 381 g/mol. The lowest BCUT2D eigenvalue weighted by Gasteiger charge is -2.25. The molecule has 1 amide bonds. The summed E-state index contributed by atoms with van der Waals surface area (Å²) in [5, 5.41) is 6.94. The monoisotopic (exact) mass is 380 g/mol. The number of nitrogens with zero attached hydrogens (tertiary/aromatic N) is 1. The van der Waals surface area contributed by atoms with E-state index in [1.165, 1.54) is 6.92 Å². The van der Waals surface area contributed by atoms with E-state index in [-0.39, 0.29) is 17.4 Å². The van der Waals surface area contributed by atoms with E-state index in [1.54, 1.807) is 6.07 Å². The van der Waals surface area contributed by atoms with Crippen molar-refractivity contribution in [2.24, 2.45) is 5.92 Å². The van der Waals surface area contributed by atoms with Gasteiger partial charge in [-0.1, -0.05) is 23.2 Å². The molecule has 6 nitrogen and oxygen atoms in total. The summed E-state index contributed by atoms with van der Waals surface area (Å²) in [4.78, 5) is 30.2. The van der Waals surface area contributed by atoms with Crippen LogP contribution in [-0.4, -0.2) is 22.4 Å². The number of nitrogens with one attached hydrogen (secondary N) is 3. The number of fused-ring (bicyclic) bond motifs is 1. The van der Waals surface area contributed by atoms with Gasteiger partial charge in [0.1, 0.15) is 5.82 Å². The first kappa shape index (κ1) is 17.8. The predicted octanol–water partition coefficient (Wildman–Crippen LogP) is 3.25. The van der Waals surface area contributed by atoms with E-state index in [1.807, 2.05) is 12.1 Å².